The van der Waals surface area contributed by atoms with Crippen LogP contribution in [-0.2, 0) is 6.42 Å². The van der Waals surface area contributed by atoms with E-state index in [0.717, 1.165) is 19.3 Å². The fraction of sp³-hybridized carbons (Fsp3) is 0.571. The van der Waals surface area contributed by atoms with Crippen LogP contribution in [0, 0.1) is 5.92 Å². The Hall–Kier alpha value is -0.860. The van der Waals surface area contributed by atoms with Gasteiger partial charge < -0.3 is 10.2 Å². The van der Waals surface area contributed by atoms with Gasteiger partial charge in [-0.05, 0) is 48.6 Å². The van der Waals surface area contributed by atoms with E-state index in [2.05, 4.69) is 24.3 Å². The van der Waals surface area contributed by atoms with E-state index in [-0.39, 0.29) is 0 Å². The zero-order valence-electron chi connectivity index (χ0n) is 9.34. The van der Waals surface area contributed by atoms with Crippen molar-refractivity contribution in [2.45, 2.75) is 43.8 Å². The van der Waals surface area contributed by atoms with E-state index in [1.54, 1.807) is 0 Å². The van der Waals surface area contributed by atoms with E-state index >= 15 is 0 Å². The molecule has 2 N–H and O–H groups in total. The SMILES string of the molecule is OC(CC1Cc2ccccc21)C(O)C1CC1. The molecule has 0 aliphatic heterocycles. The number of aliphatic hydroxyl groups is 2. The van der Waals surface area contributed by atoms with Gasteiger partial charge in [0.25, 0.3) is 0 Å². The molecule has 16 heavy (non-hydrogen) atoms. The first kappa shape index (κ1) is 10.3. The van der Waals surface area contributed by atoms with E-state index in [1.807, 2.05) is 0 Å². The van der Waals surface area contributed by atoms with E-state index in [4.69, 9.17) is 0 Å². The molecule has 0 radical (unpaired) electrons. The molecule has 2 aliphatic carbocycles. The summed E-state index contributed by atoms with van der Waals surface area (Å²) in [6.07, 6.45) is 2.91. The lowest BCUT2D eigenvalue weighted by atomic mass is 9.74. The van der Waals surface area contributed by atoms with Gasteiger partial charge in [-0.2, -0.15) is 0 Å². The van der Waals surface area contributed by atoms with Gasteiger partial charge in [0.1, 0.15) is 0 Å². The van der Waals surface area contributed by atoms with Crippen molar-refractivity contribution in [1.82, 2.24) is 0 Å². The first-order valence-corrected chi connectivity index (χ1v) is 6.19. The van der Waals surface area contributed by atoms with Crippen molar-refractivity contribution in [3.63, 3.8) is 0 Å². The molecule has 0 spiro atoms. The minimum Gasteiger partial charge on any atom is -0.390 e. The largest absolute Gasteiger partial charge is 0.390 e. The zero-order valence-corrected chi connectivity index (χ0v) is 9.34. The van der Waals surface area contributed by atoms with Gasteiger partial charge in [-0.3, -0.25) is 0 Å². The predicted molar refractivity (Wildman–Crippen MR) is 62.2 cm³/mol. The molecule has 3 rings (SSSR count). The topological polar surface area (TPSA) is 40.5 Å². The fourth-order valence-electron chi connectivity index (χ4n) is 2.76. The number of fused-ring (bicyclic) bond motifs is 1. The summed E-state index contributed by atoms with van der Waals surface area (Å²) in [6, 6.07) is 8.40. The third-order valence-corrected chi connectivity index (χ3v) is 3.99. The van der Waals surface area contributed by atoms with E-state index in [9.17, 15) is 10.2 Å². The van der Waals surface area contributed by atoms with Gasteiger partial charge in [-0.15, -0.1) is 0 Å². The van der Waals surface area contributed by atoms with E-state index in [1.165, 1.54) is 11.1 Å². The Balaban J connectivity index is 1.61. The molecule has 2 heteroatoms. The summed E-state index contributed by atoms with van der Waals surface area (Å²) in [6.45, 7) is 0. The van der Waals surface area contributed by atoms with Crippen LogP contribution in [0.5, 0.6) is 0 Å². The minimum absolute atomic E-state index is 0.366. The lowest BCUT2D eigenvalue weighted by Gasteiger charge is -2.32. The first-order valence-electron chi connectivity index (χ1n) is 6.19. The molecular weight excluding hydrogens is 200 g/mol. The molecule has 3 unspecified atom stereocenters. The second-order valence-electron chi connectivity index (χ2n) is 5.23. The first-order chi connectivity index (χ1) is 7.75. The molecule has 0 saturated heterocycles. The molecule has 2 nitrogen and oxygen atoms in total. The Kier molecular flexibility index (Phi) is 2.49. The highest BCUT2D eigenvalue weighted by Crippen LogP contribution is 2.41. The number of benzene rings is 1. The van der Waals surface area contributed by atoms with Gasteiger partial charge in [0.05, 0.1) is 12.2 Å². The molecule has 1 fully saturated rings. The van der Waals surface area contributed by atoms with Crippen LogP contribution in [0.25, 0.3) is 0 Å². The Morgan fingerprint density at radius 3 is 2.62 bits per heavy atom. The molecule has 2 aliphatic rings. The highest BCUT2D eigenvalue weighted by Gasteiger charge is 2.37. The maximum absolute atomic E-state index is 9.94. The van der Waals surface area contributed by atoms with Crippen molar-refractivity contribution in [2.24, 2.45) is 5.92 Å². The summed E-state index contributed by atoms with van der Waals surface area (Å²) >= 11 is 0. The molecule has 86 valence electrons. The molecule has 1 aromatic carbocycles. The average molecular weight is 218 g/mol. The number of hydrogen-bond acceptors (Lipinski definition) is 2. The van der Waals surface area contributed by atoms with Gasteiger partial charge in [0.15, 0.2) is 0 Å². The number of rotatable bonds is 4. The standard InChI is InChI=1S/C14H18O2/c15-13(14(16)9-5-6-9)8-11-7-10-3-1-2-4-12(10)11/h1-4,9,11,13-16H,5-8H2. The Labute approximate surface area is 95.9 Å². The van der Waals surface area contributed by atoms with Crippen molar-refractivity contribution in [3.05, 3.63) is 35.4 Å². The van der Waals surface area contributed by atoms with E-state index in [0.29, 0.717) is 18.3 Å². The molecule has 3 atom stereocenters. The highest BCUT2D eigenvalue weighted by atomic mass is 16.3. The van der Waals surface area contributed by atoms with Gasteiger partial charge in [-0.1, -0.05) is 24.3 Å². The number of hydrogen-bond donors (Lipinski definition) is 2. The number of aliphatic hydroxyl groups excluding tert-OH is 2. The van der Waals surface area contributed by atoms with Crippen LogP contribution >= 0.6 is 0 Å². The third-order valence-electron chi connectivity index (χ3n) is 3.99. The smallest absolute Gasteiger partial charge is 0.0827 e. The van der Waals surface area contributed by atoms with Gasteiger partial charge >= 0.3 is 0 Å². The van der Waals surface area contributed by atoms with Crippen molar-refractivity contribution >= 4 is 0 Å². The second kappa shape index (κ2) is 3.86. The Morgan fingerprint density at radius 2 is 1.94 bits per heavy atom. The third kappa shape index (κ3) is 1.76. The van der Waals surface area contributed by atoms with E-state index < -0.39 is 12.2 Å². The Morgan fingerprint density at radius 1 is 1.19 bits per heavy atom. The van der Waals surface area contributed by atoms with Gasteiger partial charge in [-0.25, -0.2) is 0 Å². The van der Waals surface area contributed by atoms with Crippen LogP contribution in [-0.4, -0.2) is 22.4 Å². The average Bonchev–Trinajstić information content (AvgIpc) is 3.08. The van der Waals surface area contributed by atoms with Crippen molar-refractivity contribution in [2.75, 3.05) is 0 Å². The summed E-state index contributed by atoms with van der Waals surface area (Å²) < 4.78 is 0. The van der Waals surface area contributed by atoms with Crippen LogP contribution in [0.3, 0.4) is 0 Å². The fourth-order valence-corrected chi connectivity index (χ4v) is 2.76. The van der Waals surface area contributed by atoms with Crippen LogP contribution in [0.4, 0.5) is 0 Å². The minimum atomic E-state index is -0.536. The molecule has 1 saturated carbocycles. The second-order valence-corrected chi connectivity index (χ2v) is 5.23. The zero-order chi connectivity index (χ0) is 11.1. The molecule has 0 amide bonds. The molecule has 1 aromatic rings. The lowest BCUT2D eigenvalue weighted by Crippen LogP contribution is -2.32. The summed E-state index contributed by atoms with van der Waals surface area (Å²) in [5.41, 5.74) is 2.77. The summed E-state index contributed by atoms with van der Waals surface area (Å²) in [5.74, 6) is 0.824. The van der Waals surface area contributed by atoms with Crippen molar-refractivity contribution < 1.29 is 10.2 Å². The molecule has 0 bridgehead atoms. The molecule has 0 aromatic heterocycles. The Bertz CT molecular complexity index is 384. The van der Waals surface area contributed by atoms with Gasteiger partial charge in [0, 0.05) is 0 Å². The lowest BCUT2D eigenvalue weighted by molar-refractivity contribution is -0.00339. The van der Waals surface area contributed by atoms with Crippen molar-refractivity contribution in [1.29, 1.82) is 0 Å². The normalized spacial score (nSPS) is 26.8. The monoisotopic (exact) mass is 218 g/mol. The van der Waals surface area contributed by atoms with Crippen LogP contribution in [0.15, 0.2) is 24.3 Å². The highest BCUT2D eigenvalue weighted by molar-refractivity contribution is 5.39. The summed E-state index contributed by atoms with van der Waals surface area (Å²) in [7, 11) is 0. The van der Waals surface area contributed by atoms with Crippen LogP contribution in [0.1, 0.15) is 36.3 Å². The van der Waals surface area contributed by atoms with Crippen molar-refractivity contribution in [3.8, 4) is 0 Å². The van der Waals surface area contributed by atoms with Gasteiger partial charge in [0.2, 0.25) is 0 Å². The van der Waals surface area contributed by atoms with Crippen LogP contribution in [0.2, 0.25) is 0 Å². The summed E-state index contributed by atoms with van der Waals surface area (Å²) in [5, 5.41) is 19.8. The molecular formula is C14H18O2. The molecule has 0 heterocycles. The maximum Gasteiger partial charge on any atom is 0.0827 e. The maximum atomic E-state index is 9.94. The summed E-state index contributed by atoms with van der Waals surface area (Å²) in [4.78, 5) is 0. The van der Waals surface area contributed by atoms with Crippen LogP contribution < -0.4 is 0 Å². The quantitative estimate of drug-likeness (QED) is 0.809. The predicted octanol–water partition coefficient (Wildman–Crippen LogP) is 1.85.